The van der Waals surface area contributed by atoms with Crippen LogP contribution in [0.5, 0.6) is 0 Å². The molecule has 26 heavy (non-hydrogen) atoms. The molecule has 0 radical (unpaired) electrons. The minimum atomic E-state index is -3.46. The Morgan fingerprint density at radius 1 is 0.962 bits per heavy atom. The highest BCUT2D eigenvalue weighted by Gasteiger charge is 2.62. The number of hydrogen-bond acceptors (Lipinski definition) is 4. The maximum absolute atomic E-state index is 13.5. The van der Waals surface area contributed by atoms with Gasteiger partial charge in [-0.15, -0.1) is 0 Å². The second-order valence-electron chi connectivity index (χ2n) is 8.97. The van der Waals surface area contributed by atoms with Gasteiger partial charge in [-0.2, -0.15) is 0 Å². The molecule has 0 amide bonds. The molecule has 140 valence electrons. The summed E-state index contributed by atoms with van der Waals surface area (Å²) in [5, 5.41) is -0.491. The first kappa shape index (κ1) is 18.3. The van der Waals surface area contributed by atoms with Crippen LogP contribution in [-0.4, -0.2) is 32.0 Å². The van der Waals surface area contributed by atoms with Gasteiger partial charge in [-0.25, -0.2) is 8.42 Å². The molecule has 2 fully saturated rings. The molecular formula is C20H27BO4S. The quantitative estimate of drug-likeness (QED) is 0.597. The molecule has 2 aliphatic carbocycles. The smallest absolute Gasteiger partial charge is 0.403 e. The van der Waals surface area contributed by atoms with Crippen molar-refractivity contribution in [2.45, 2.75) is 68.2 Å². The second kappa shape index (κ2) is 5.70. The van der Waals surface area contributed by atoms with Crippen LogP contribution in [0.15, 0.2) is 41.3 Å². The van der Waals surface area contributed by atoms with Crippen LogP contribution in [0.2, 0.25) is 5.82 Å². The number of hydrogen-bond donors (Lipinski definition) is 0. The number of aryl methyl sites for hydroxylation is 1. The molecule has 1 saturated carbocycles. The predicted octanol–water partition coefficient (Wildman–Crippen LogP) is 3.81. The molecule has 1 saturated heterocycles. The molecule has 3 aliphatic rings. The van der Waals surface area contributed by atoms with Gasteiger partial charge in [-0.05, 0) is 65.0 Å². The zero-order valence-electron chi connectivity index (χ0n) is 16.1. The predicted molar refractivity (Wildman–Crippen MR) is 103 cm³/mol. The van der Waals surface area contributed by atoms with Crippen molar-refractivity contribution in [1.29, 1.82) is 0 Å². The number of sulfone groups is 1. The lowest BCUT2D eigenvalue weighted by Gasteiger charge is -2.32. The minimum absolute atomic E-state index is 0.0373. The molecule has 1 aromatic rings. The van der Waals surface area contributed by atoms with Gasteiger partial charge in [-0.1, -0.05) is 29.8 Å². The molecule has 1 aromatic carbocycles. The van der Waals surface area contributed by atoms with E-state index >= 15 is 0 Å². The second-order valence-corrected chi connectivity index (χ2v) is 11.1. The molecular weight excluding hydrogens is 347 g/mol. The molecule has 1 heterocycles. The molecule has 4 rings (SSSR count). The molecule has 2 bridgehead atoms. The van der Waals surface area contributed by atoms with Gasteiger partial charge in [-0.3, -0.25) is 0 Å². The van der Waals surface area contributed by atoms with E-state index in [1.54, 1.807) is 12.1 Å². The van der Waals surface area contributed by atoms with E-state index in [1.807, 2.05) is 46.8 Å². The van der Waals surface area contributed by atoms with Crippen LogP contribution >= 0.6 is 0 Å². The number of allylic oxidation sites excluding steroid dienone is 2. The summed E-state index contributed by atoms with van der Waals surface area (Å²) in [6.45, 7) is 10.0. The highest BCUT2D eigenvalue weighted by atomic mass is 32.2. The Hall–Kier alpha value is -1.11. The number of benzene rings is 1. The number of fused-ring (bicyclic) bond motifs is 2. The van der Waals surface area contributed by atoms with Crippen molar-refractivity contribution in [3.63, 3.8) is 0 Å². The van der Waals surface area contributed by atoms with Crippen molar-refractivity contribution < 1.29 is 17.7 Å². The fraction of sp³-hybridized carbons (Fsp3) is 0.600. The molecule has 0 aromatic heterocycles. The van der Waals surface area contributed by atoms with Gasteiger partial charge in [0, 0.05) is 5.82 Å². The highest BCUT2D eigenvalue weighted by molar-refractivity contribution is 7.92. The molecule has 1 aliphatic heterocycles. The fourth-order valence-electron chi connectivity index (χ4n) is 4.54. The van der Waals surface area contributed by atoms with E-state index in [1.165, 1.54) is 0 Å². The van der Waals surface area contributed by atoms with Gasteiger partial charge >= 0.3 is 7.12 Å². The number of rotatable bonds is 3. The van der Waals surface area contributed by atoms with E-state index in [0.717, 1.165) is 12.0 Å². The third kappa shape index (κ3) is 2.61. The van der Waals surface area contributed by atoms with Crippen LogP contribution in [0, 0.1) is 18.8 Å². The first-order valence-electron chi connectivity index (χ1n) is 9.37. The van der Waals surface area contributed by atoms with E-state index in [9.17, 15) is 8.42 Å². The van der Waals surface area contributed by atoms with Gasteiger partial charge in [0.05, 0.1) is 21.3 Å². The summed E-state index contributed by atoms with van der Waals surface area (Å²) in [7, 11) is -3.95. The van der Waals surface area contributed by atoms with Crippen molar-refractivity contribution >= 4 is 17.0 Å². The standard InChI is InChI=1S/C20H27BO4S/c1-13-6-10-16(11-7-13)26(22,23)18-15-9-8-14(12-15)17(18)21-24-19(2,3)20(4,5)25-21/h6-11,14-15,17-18H,12H2,1-5H3/t14?,15?,17-,18-/m1/s1. The lowest BCUT2D eigenvalue weighted by atomic mass is 9.65. The fourth-order valence-corrected chi connectivity index (χ4v) is 6.78. The maximum atomic E-state index is 13.5. The Morgan fingerprint density at radius 2 is 1.50 bits per heavy atom. The van der Waals surface area contributed by atoms with Crippen LogP contribution in [0.4, 0.5) is 0 Å². The van der Waals surface area contributed by atoms with Crippen LogP contribution in [0.25, 0.3) is 0 Å². The Balaban J connectivity index is 1.71. The monoisotopic (exact) mass is 374 g/mol. The van der Waals surface area contributed by atoms with Gasteiger partial charge in [0.1, 0.15) is 0 Å². The van der Waals surface area contributed by atoms with Crippen LogP contribution in [-0.2, 0) is 19.1 Å². The average Bonchev–Trinajstić information content (AvgIpc) is 3.19. The lowest BCUT2D eigenvalue weighted by Crippen LogP contribution is -2.41. The van der Waals surface area contributed by atoms with E-state index < -0.39 is 33.4 Å². The molecule has 6 heteroatoms. The van der Waals surface area contributed by atoms with E-state index in [2.05, 4.69) is 12.2 Å². The summed E-state index contributed by atoms with van der Waals surface area (Å²) < 4.78 is 39.5. The average molecular weight is 374 g/mol. The molecule has 4 nitrogen and oxygen atoms in total. The SMILES string of the molecule is Cc1ccc(S(=O)(=O)[C@@H]2C3C=CC(C3)[C@H]2B2OC(C)(C)C(C)(C)O2)cc1. The summed E-state index contributed by atoms with van der Waals surface area (Å²) in [6, 6.07) is 7.17. The van der Waals surface area contributed by atoms with Crippen molar-refractivity contribution in [2.75, 3.05) is 0 Å². The largest absolute Gasteiger partial charge is 0.463 e. The van der Waals surface area contributed by atoms with Gasteiger partial charge in [0.25, 0.3) is 0 Å². The molecule has 0 spiro atoms. The lowest BCUT2D eigenvalue weighted by molar-refractivity contribution is 0.00578. The summed E-state index contributed by atoms with van der Waals surface area (Å²) in [5.41, 5.74) is 0.141. The summed E-state index contributed by atoms with van der Waals surface area (Å²) in [5.74, 6) is 0.0626. The van der Waals surface area contributed by atoms with Crippen LogP contribution in [0.1, 0.15) is 39.7 Å². The van der Waals surface area contributed by atoms with Crippen molar-refractivity contribution in [1.82, 2.24) is 0 Å². The van der Waals surface area contributed by atoms with Crippen molar-refractivity contribution in [3.8, 4) is 0 Å². The van der Waals surface area contributed by atoms with E-state index in [-0.39, 0.29) is 17.7 Å². The molecule has 2 unspecified atom stereocenters. The Kier molecular flexibility index (Phi) is 4.00. The zero-order valence-corrected chi connectivity index (χ0v) is 16.9. The third-order valence-electron chi connectivity index (χ3n) is 6.74. The summed E-state index contributed by atoms with van der Waals surface area (Å²) in [6.07, 6.45) is 5.09. The Morgan fingerprint density at radius 3 is 2.08 bits per heavy atom. The normalized spacial score (nSPS) is 34.6. The van der Waals surface area contributed by atoms with Gasteiger partial charge in [0.15, 0.2) is 9.84 Å². The van der Waals surface area contributed by atoms with Crippen LogP contribution in [0.3, 0.4) is 0 Å². The maximum Gasteiger partial charge on any atom is 0.463 e. The van der Waals surface area contributed by atoms with Crippen molar-refractivity contribution in [3.05, 3.63) is 42.0 Å². The molecule has 4 atom stereocenters. The Bertz CT molecular complexity index is 825. The third-order valence-corrected chi connectivity index (χ3v) is 9.05. The first-order valence-corrected chi connectivity index (χ1v) is 10.9. The van der Waals surface area contributed by atoms with Crippen LogP contribution < -0.4 is 0 Å². The summed E-state index contributed by atoms with van der Waals surface area (Å²) in [4.78, 5) is 0.399. The molecule has 0 N–H and O–H groups in total. The minimum Gasteiger partial charge on any atom is -0.403 e. The topological polar surface area (TPSA) is 52.6 Å². The van der Waals surface area contributed by atoms with Gasteiger partial charge in [0.2, 0.25) is 0 Å². The summed E-state index contributed by atoms with van der Waals surface area (Å²) >= 11 is 0. The van der Waals surface area contributed by atoms with E-state index in [0.29, 0.717) is 4.90 Å². The highest BCUT2D eigenvalue weighted by Crippen LogP contribution is 2.56. The Labute approximate surface area is 157 Å². The van der Waals surface area contributed by atoms with E-state index in [4.69, 9.17) is 9.31 Å². The zero-order chi connectivity index (χ0) is 18.9. The van der Waals surface area contributed by atoms with Crippen molar-refractivity contribution in [2.24, 2.45) is 11.8 Å². The first-order chi connectivity index (χ1) is 12.0. The van der Waals surface area contributed by atoms with Gasteiger partial charge < -0.3 is 9.31 Å².